The van der Waals surface area contributed by atoms with Crippen molar-refractivity contribution in [2.24, 2.45) is 0 Å². The van der Waals surface area contributed by atoms with Crippen LogP contribution >= 0.6 is 11.6 Å². The van der Waals surface area contributed by atoms with Gasteiger partial charge < -0.3 is 13.9 Å². The van der Waals surface area contributed by atoms with Crippen molar-refractivity contribution in [1.29, 1.82) is 0 Å². The van der Waals surface area contributed by atoms with E-state index in [2.05, 4.69) is 15.8 Å². The molecule has 0 spiro atoms. The summed E-state index contributed by atoms with van der Waals surface area (Å²) in [5, 5.41) is 0.437. The lowest BCUT2D eigenvalue weighted by Gasteiger charge is -2.10. The van der Waals surface area contributed by atoms with Gasteiger partial charge in [-0.3, -0.25) is 20.4 Å². The van der Waals surface area contributed by atoms with E-state index >= 15 is 0 Å². The minimum atomic E-state index is -0.519. The molecule has 2 aromatic carbocycles. The number of oxazole rings is 1. The highest BCUT2D eigenvalue weighted by atomic mass is 35.5. The Bertz CT molecular complexity index is 1030. The molecule has 0 saturated heterocycles. The quantitative estimate of drug-likeness (QED) is 0.558. The van der Waals surface area contributed by atoms with Crippen LogP contribution in [0.2, 0.25) is 5.02 Å². The van der Waals surface area contributed by atoms with Gasteiger partial charge in [-0.15, -0.1) is 0 Å². The SMILES string of the molecule is COc1ccc(-c2cnc(CCC(=O)NNC(=O)c3ccc(Cl)cc3OC)o2)cc1. The van der Waals surface area contributed by atoms with E-state index in [4.69, 9.17) is 25.5 Å². The van der Waals surface area contributed by atoms with Crippen molar-refractivity contribution in [2.45, 2.75) is 12.8 Å². The molecule has 156 valence electrons. The van der Waals surface area contributed by atoms with Crippen LogP contribution in [-0.2, 0) is 11.2 Å². The monoisotopic (exact) mass is 429 g/mol. The first-order valence-electron chi connectivity index (χ1n) is 9.02. The van der Waals surface area contributed by atoms with E-state index in [1.807, 2.05) is 24.3 Å². The van der Waals surface area contributed by atoms with E-state index in [-0.39, 0.29) is 24.3 Å². The second-order valence-corrected chi connectivity index (χ2v) is 6.63. The second kappa shape index (κ2) is 9.80. The fraction of sp³-hybridized carbons (Fsp3) is 0.190. The topological polar surface area (TPSA) is 103 Å². The van der Waals surface area contributed by atoms with Crippen molar-refractivity contribution in [3.05, 3.63) is 65.1 Å². The van der Waals surface area contributed by atoms with Gasteiger partial charge in [0.25, 0.3) is 5.91 Å². The van der Waals surface area contributed by atoms with Crippen LogP contribution < -0.4 is 20.3 Å². The molecule has 2 N–H and O–H groups in total. The van der Waals surface area contributed by atoms with E-state index in [9.17, 15) is 9.59 Å². The summed E-state index contributed by atoms with van der Waals surface area (Å²) in [6, 6.07) is 11.9. The number of hydrogen-bond donors (Lipinski definition) is 2. The molecule has 2 amide bonds. The lowest BCUT2D eigenvalue weighted by molar-refractivity contribution is -0.121. The van der Waals surface area contributed by atoms with E-state index in [0.717, 1.165) is 11.3 Å². The summed E-state index contributed by atoms with van der Waals surface area (Å²) in [6.45, 7) is 0. The molecule has 0 saturated carbocycles. The highest BCUT2D eigenvalue weighted by molar-refractivity contribution is 6.30. The number of nitrogens with one attached hydrogen (secondary N) is 2. The van der Waals surface area contributed by atoms with Gasteiger partial charge in [0.05, 0.1) is 26.0 Å². The first-order chi connectivity index (χ1) is 14.5. The van der Waals surface area contributed by atoms with Crippen molar-refractivity contribution in [3.63, 3.8) is 0 Å². The number of carbonyl (C=O) groups is 2. The van der Waals surface area contributed by atoms with Crippen LogP contribution in [0.1, 0.15) is 22.7 Å². The van der Waals surface area contributed by atoms with Gasteiger partial charge >= 0.3 is 0 Å². The summed E-state index contributed by atoms with van der Waals surface area (Å²) in [7, 11) is 3.03. The Hall–Kier alpha value is -3.52. The van der Waals surface area contributed by atoms with Gasteiger partial charge in [-0.2, -0.15) is 0 Å². The average Bonchev–Trinajstić information content (AvgIpc) is 3.25. The predicted molar refractivity (Wildman–Crippen MR) is 110 cm³/mol. The number of nitrogens with zero attached hydrogens (tertiary/aromatic N) is 1. The molecule has 9 heteroatoms. The summed E-state index contributed by atoms with van der Waals surface area (Å²) in [5.74, 6) is 1.15. The van der Waals surface area contributed by atoms with Crippen molar-refractivity contribution in [2.75, 3.05) is 14.2 Å². The highest BCUT2D eigenvalue weighted by Gasteiger charge is 2.14. The third-order valence-electron chi connectivity index (χ3n) is 4.22. The average molecular weight is 430 g/mol. The number of aryl methyl sites for hydroxylation is 1. The summed E-state index contributed by atoms with van der Waals surface area (Å²) in [6.07, 6.45) is 1.96. The largest absolute Gasteiger partial charge is 0.497 e. The number of benzene rings is 2. The van der Waals surface area contributed by atoms with Gasteiger partial charge in [-0.05, 0) is 42.5 Å². The number of hydrazine groups is 1. The van der Waals surface area contributed by atoms with Gasteiger partial charge in [-0.1, -0.05) is 11.6 Å². The van der Waals surface area contributed by atoms with Gasteiger partial charge in [0.1, 0.15) is 11.5 Å². The van der Waals surface area contributed by atoms with Crippen LogP contribution in [0.25, 0.3) is 11.3 Å². The number of methoxy groups -OCH3 is 2. The zero-order valence-electron chi connectivity index (χ0n) is 16.4. The minimum Gasteiger partial charge on any atom is -0.497 e. The Morgan fingerprint density at radius 1 is 1.07 bits per heavy atom. The molecule has 3 rings (SSSR count). The van der Waals surface area contributed by atoms with Gasteiger partial charge in [-0.25, -0.2) is 4.98 Å². The Morgan fingerprint density at radius 2 is 1.83 bits per heavy atom. The molecule has 0 aliphatic carbocycles. The van der Waals surface area contributed by atoms with Crippen LogP contribution in [-0.4, -0.2) is 31.0 Å². The molecule has 0 unspecified atom stereocenters. The lowest BCUT2D eigenvalue weighted by atomic mass is 10.2. The molecule has 0 radical (unpaired) electrons. The number of amides is 2. The lowest BCUT2D eigenvalue weighted by Crippen LogP contribution is -2.41. The Kier molecular flexibility index (Phi) is 6.92. The number of aromatic nitrogens is 1. The molecule has 0 bridgehead atoms. The first-order valence-corrected chi connectivity index (χ1v) is 9.40. The summed E-state index contributed by atoms with van der Waals surface area (Å²) in [5.41, 5.74) is 5.80. The molecule has 1 heterocycles. The van der Waals surface area contributed by atoms with Crippen molar-refractivity contribution >= 4 is 23.4 Å². The van der Waals surface area contributed by atoms with Gasteiger partial charge in [0.2, 0.25) is 5.91 Å². The molecule has 8 nitrogen and oxygen atoms in total. The molecule has 0 atom stereocenters. The normalized spacial score (nSPS) is 10.4. The number of rotatable bonds is 7. The zero-order valence-corrected chi connectivity index (χ0v) is 17.2. The van der Waals surface area contributed by atoms with Crippen LogP contribution in [0.15, 0.2) is 53.1 Å². The zero-order chi connectivity index (χ0) is 21.5. The summed E-state index contributed by atoms with van der Waals surface area (Å²) >= 11 is 5.88. The molecular formula is C21H20ClN3O5. The van der Waals surface area contributed by atoms with Crippen molar-refractivity contribution in [3.8, 4) is 22.8 Å². The van der Waals surface area contributed by atoms with Crippen LogP contribution in [0.4, 0.5) is 0 Å². The maximum absolute atomic E-state index is 12.2. The van der Waals surface area contributed by atoms with E-state index < -0.39 is 5.91 Å². The highest BCUT2D eigenvalue weighted by Crippen LogP contribution is 2.24. The van der Waals surface area contributed by atoms with Crippen LogP contribution in [0.3, 0.4) is 0 Å². The molecule has 0 aliphatic rings. The van der Waals surface area contributed by atoms with Gasteiger partial charge in [0.15, 0.2) is 11.7 Å². The first kappa shape index (κ1) is 21.2. The molecular weight excluding hydrogens is 410 g/mol. The van der Waals surface area contributed by atoms with E-state index in [1.165, 1.54) is 19.2 Å². The smallest absolute Gasteiger partial charge is 0.273 e. The van der Waals surface area contributed by atoms with Crippen LogP contribution in [0.5, 0.6) is 11.5 Å². The summed E-state index contributed by atoms with van der Waals surface area (Å²) < 4.78 is 15.9. The third-order valence-corrected chi connectivity index (χ3v) is 4.45. The molecule has 0 aliphatic heterocycles. The Morgan fingerprint density at radius 3 is 2.53 bits per heavy atom. The maximum Gasteiger partial charge on any atom is 0.273 e. The Balaban J connectivity index is 1.50. The summed E-state index contributed by atoms with van der Waals surface area (Å²) in [4.78, 5) is 28.5. The third kappa shape index (κ3) is 5.30. The number of halogens is 1. The number of carbonyl (C=O) groups excluding carboxylic acids is 2. The number of hydrogen-bond acceptors (Lipinski definition) is 6. The fourth-order valence-electron chi connectivity index (χ4n) is 2.64. The minimum absolute atomic E-state index is 0.0839. The maximum atomic E-state index is 12.2. The second-order valence-electron chi connectivity index (χ2n) is 6.19. The molecule has 1 aromatic heterocycles. The predicted octanol–water partition coefficient (Wildman–Crippen LogP) is 3.41. The Labute approximate surface area is 178 Å². The van der Waals surface area contributed by atoms with Crippen LogP contribution in [0, 0.1) is 0 Å². The van der Waals surface area contributed by atoms with Gasteiger partial charge in [0, 0.05) is 23.4 Å². The molecule has 0 fully saturated rings. The van der Waals surface area contributed by atoms with E-state index in [0.29, 0.717) is 22.4 Å². The molecule has 3 aromatic rings. The fourth-order valence-corrected chi connectivity index (χ4v) is 2.81. The van der Waals surface area contributed by atoms with E-state index in [1.54, 1.807) is 19.4 Å². The standard InChI is InChI=1S/C21H20ClN3O5/c1-28-15-6-3-13(4-7-15)18-12-23-20(30-18)10-9-19(26)24-25-21(27)16-8-5-14(22)11-17(16)29-2/h3-8,11-12H,9-10H2,1-2H3,(H,24,26)(H,25,27). The molecule has 30 heavy (non-hydrogen) atoms. The van der Waals surface area contributed by atoms with Crippen molar-refractivity contribution in [1.82, 2.24) is 15.8 Å². The number of ether oxygens (including phenoxy) is 2. The van der Waals surface area contributed by atoms with Crippen molar-refractivity contribution < 1.29 is 23.5 Å².